The lowest BCUT2D eigenvalue weighted by atomic mass is 10.1. The Labute approximate surface area is 136 Å². The van der Waals surface area contributed by atoms with Crippen molar-refractivity contribution in [1.82, 2.24) is 9.97 Å². The molecule has 1 aromatic carbocycles. The van der Waals surface area contributed by atoms with E-state index in [2.05, 4.69) is 34.2 Å². The molecule has 1 heterocycles. The number of H-pyrrole nitrogens is 1. The van der Waals surface area contributed by atoms with Crippen LogP contribution in [-0.2, 0) is 25.5 Å². The van der Waals surface area contributed by atoms with Crippen LogP contribution in [0.15, 0.2) is 41.8 Å². The maximum Gasteiger partial charge on any atom is 0.500 e. The topological polar surface area (TPSA) is 56.4 Å². The van der Waals surface area contributed by atoms with Crippen LogP contribution in [0.5, 0.6) is 0 Å². The molecule has 0 amide bonds. The van der Waals surface area contributed by atoms with Crippen LogP contribution in [0.2, 0.25) is 6.04 Å². The van der Waals surface area contributed by atoms with Gasteiger partial charge in [0.1, 0.15) is 0 Å². The summed E-state index contributed by atoms with van der Waals surface area (Å²) in [6, 6.07) is 9.38. The summed E-state index contributed by atoms with van der Waals surface area (Å²) in [5.41, 5.74) is 2.54. The van der Waals surface area contributed by atoms with Crippen molar-refractivity contribution >= 4 is 20.6 Å². The molecule has 0 aliphatic heterocycles. The maximum atomic E-state index is 5.44. The zero-order chi connectivity index (χ0) is 15.8. The Morgan fingerprint density at radius 3 is 2.23 bits per heavy atom. The number of hydrogen-bond acceptors (Lipinski definition) is 5. The summed E-state index contributed by atoms with van der Waals surface area (Å²) < 4.78 is 16.3. The van der Waals surface area contributed by atoms with Crippen LogP contribution in [0.4, 0.5) is 0 Å². The average molecular weight is 339 g/mol. The minimum absolute atomic E-state index is 0.775. The van der Waals surface area contributed by atoms with Gasteiger partial charge in [0, 0.05) is 45.5 Å². The number of benzene rings is 1. The van der Waals surface area contributed by atoms with Crippen LogP contribution in [0.25, 0.3) is 0 Å². The van der Waals surface area contributed by atoms with Crippen LogP contribution in [0.1, 0.15) is 11.1 Å². The third kappa shape index (κ3) is 4.69. The van der Waals surface area contributed by atoms with Gasteiger partial charge < -0.3 is 18.3 Å². The van der Waals surface area contributed by atoms with Crippen LogP contribution >= 0.6 is 11.8 Å². The van der Waals surface area contributed by atoms with Crippen LogP contribution in [0.3, 0.4) is 0 Å². The van der Waals surface area contributed by atoms with Gasteiger partial charge in [-0.05, 0) is 17.5 Å². The van der Waals surface area contributed by atoms with Gasteiger partial charge in [-0.15, -0.1) is 0 Å². The number of nitrogens with one attached hydrogen (secondary N) is 1. The van der Waals surface area contributed by atoms with Crippen molar-refractivity contribution in [1.29, 1.82) is 0 Å². The number of imidazole rings is 1. The highest BCUT2D eigenvalue weighted by Crippen LogP contribution is 2.21. The summed E-state index contributed by atoms with van der Waals surface area (Å²) in [6.07, 6.45) is 4.49. The molecule has 2 aromatic rings. The molecule has 2 rings (SSSR count). The van der Waals surface area contributed by atoms with Gasteiger partial charge in [-0.25, -0.2) is 4.98 Å². The molecule has 1 aromatic heterocycles. The second-order valence-corrected chi connectivity index (χ2v) is 8.85. The minimum atomic E-state index is -2.48. The first-order chi connectivity index (χ1) is 10.7. The Bertz CT molecular complexity index is 536. The van der Waals surface area contributed by atoms with E-state index in [4.69, 9.17) is 13.3 Å². The fourth-order valence-corrected chi connectivity index (χ4v) is 4.63. The van der Waals surface area contributed by atoms with E-state index in [0.717, 1.165) is 23.4 Å². The molecule has 0 aliphatic rings. The summed E-state index contributed by atoms with van der Waals surface area (Å²) in [5, 5.41) is 0.945. The fraction of sp³-hybridized carbons (Fsp3) is 0.400. The second-order valence-electron chi connectivity index (χ2n) is 4.79. The van der Waals surface area contributed by atoms with Gasteiger partial charge in [-0.1, -0.05) is 36.0 Å². The predicted octanol–water partition coefficient (Wildman–Crippen LogP) is 3.12. The van der Waals surface area contributed by atoms with Gasteiger partial charge in [0.2, 0.25) is 0 Å². The Hall–Kier alpha value is -1.12. The van der Waals surface area contributed by atoms with Crippen LogP contribution in [-0.4, -0.2) is 40.1 Å². The minimum Gasteiger partial charge on any atom is -0.377 e. The molecule has 0 saturated carbocycles. The highest BCUT2D eigenvalue weighted by molar-refractivity contribution is 7.98. The van der Waals surface area contributed by atoms with E-state index in [-0.39, 0.29) is 0 Å². The van der Waals surface area contributed by atoms with Gasteiger partial charge in [-0.2, -0.15) is 0 Å². The molecular weight excluding hydrogens is 316 g/mol. The van der Waals surface area contributed by atoms with E-state index < -0.39 is 8.80 Å². The van der Waals surface area contributed by atoms with E-state index in [0.29, 0.717) is 0 Å². The van der Waals surface area contributed by atoms with Gasteiger partial charge in [0.05, 0.1) is 0 Å². The van der Waals surface area contributed by atoms with Gasteiger partial charge in [-0.3, -0.25) is 0 Å². The lowest BCUT2D eigenvalue weighted by Crippen LogP contribution is -2.43. The SMILES string of the molecule is CO[Si](CCc1ccc(CSc2ncc[nH]2)cc1)(OC)OC. The lowest BCUT2D eigenvalue weighted by molar-refractivity contribution is 0.123. The van der Waals surface area contributed by atoms with Crippen molar-refractivity contribution in [3.63, 3.8) is 0 Å². The highest BCUT2D eigenvalue weighted by Gasteiger charge is 2.37. The van der Waals surface area contributed by atoms with Crippen molar-refractivity contribution in [2.24, 2.45) is 0 Å². The van der Waals surface area contributed by atoms with Crippen molar-refractivity contribution in [3.8, 4) is 0 Å². The number of rotatable bonds is 9. The molecule has 120 valence electrons. The molecule has 22 heavy (non-hydrogen) atoms. The number of thioether (sulfide) groups is 1. The van der Waals surface area contributed by atoms with E-state index in [1.165, 1.54) is 11.1 Å². The summed E-state index contributed by atoms with van der Waals surface area (Å²) in [5.74, 6) is 0.903. The smallest absolute Gasteiger partial charge is 0.377 e. The van der Waals surface area contributed by atoms with Crippen molar-refractivity contribution in [2.75, 3.05) is 21.3 Å². The molecule has 1 N–H and O–H groups in total. The Balaban J connectivity index is 1.86. The van der Waals surface area contributed by atoms with E-state index in [1.54, 1.807) is 39.3 Å². The van der Waals surface area contributed by atoms with E-state index in [9.17, 15) is 0 Å². The fourth-order valence-electron chi connectivity index (χ4n) is 2.14. The summed E-state index contributed by atoms with van der Waals surface area (Å²) in [6.45, 7) is 0. The Morgan fingerprint density at radius 1 is 1.05 bits per heavy atom. The van der Waals surface area contributed by atoms with Gasteiger partial charge >= 0.3 is 8.80 Å². The number of aromatic nitrogens is 2. The molecule has 0 radical (unpaired) electrons. The Morgan fingerprint density at radius 2 is 1.68 bits per heavy atom. The molecule has 0 fully saturated rings. The average Bonchev–Trinajstić information content (AvgIpc) is 3.09. The predicted molar refractivity (Wildman–Crippen MR) is 89.9 cm³/mol. The molecule has 7 heteroatoms. The first kappa shape index (κ1) is 17.2. The zero-order valence-electron chi connectivity index (χ0n) is 13.2. The largest absolute Gasteiger partial charge is 0.500 e. The van der Waals surface area contributed by atoms with E-state index in [1.807, 2.05) is 6.20 Å². The maximum absolute atomic E-state index is 5.44. The quantitative estimate of drug-likeness (QED) is 0.562. The standard InChI is InChI=1S/C15H22N2O3SSi/c1-18-22(19-2,20-3)11-8-13-4-6-14(7-5-13)12-21-15-16-9-10-17-15/h4-7,9-10H,8,11-12H2,1-3H3,(H,16,17). The third-order valence-corrected chi connectivity index (χ3v) is 7.23. The molecule has 0 aliphatic carbocycles. The number of nitrogens with zero attached hydrogens (tertiary/aromatic N) is 1. The molecule has 5 nitrogen and oxygen atoms in total. The first-order valence-electron chi connectivity index (χ1n) is 7.07. The van der Waals surface area contributed by atoms with Crippen LogP contribution < -0.4 is 0 Å². The summed E-state index contributed by atoms with van der Waals surface area (Å²) in [4.78, 5) is 7.29. The van der Waals surface area contributed by atoms with Crippen molar-refractivity contribution < 1.29 is 13.3 Å². The van der Waals surface area contributed by atoms with Crippen LogP contribution in [0, 0.1) is 0 Å². The first-order valence-corrected chi connectivity index (χ1v) is 9.98. The molecule has 0 unspecified atom stereocenters. The van der Waals surface area contributed by atoms with Gasteiger partial charge in [0.25, 0.3) is 0 Å². The number of aromatic amines is 1. The monoisotopic (exact) mass is 338 g/mol. The summed E-state index contributed by atoms with van der Waals surface area (Å²) in [7, 11) is 2.46. The zero-order valence-corrected chi connectivity index (χ0v) is 15.0. The van der Waals surface area contributed by atoms with Gasteiger partial charge in [0.15, 0.2) is 5.16 Å². The highest BCUT2D eigenvalue weighted by atomic mass is 32.2. The van der Waals surface area contributed by atoms with Crippen molar-refractivity contribution in [2.45, 2.75) is 23.4 Å². The lowest BCUT2D eigenvalue weighted by Gasteiger charge is -2.24. The third-order valence-electron chi connectivity index (χ3n) is 3.52. The number of hydrogen-bond donors (Lipinski definition) is 1. The molecule has 0 atom stereocenters. The molecule has 0 bridgehead atoms. The number of aryl methyl sites for hydroxylation is 1. The molecule has 0 spiro atoms. The summed E-state index contributed by atoms with van der Waals surface area (Å²) >= 11 is 1.69. The van der Waals surface area contributed by atoms with Crippen molar-refractivity contribution in [3.05, 3.63) is 47.8 Å². The Kier molecular flexibility index (Phi) is 6.65. The molecular formula is C15H22N2O3SSi. The normalized spacial score (nSPS) is 11.8. The van der Waals surface area contributed by atoms with E-state index >= 15 is 0 Å². The molecule has 0 saturated heterocycles. The second kappa shape index (κ2) is 8.49.